The number of benzene rings is 1. The molecule has 0 bridgehead atoms. The van der Waals surface area contributed by atoms with Crippen molar-refractivity contribution in [3.63, 3.8) is 0 Å². The second-order valence-electron chi connectivity index (χ2n) is 3.28. The monoisotopic (exact) mass is 240 g/mol. The van der Waals surface area contributed by atoms with Crippen LogP contribution in [0.1, 0.15) is 22.3 Å². The molecule has 0 heterocycles. The predicted octanol–water partition coefficient (Wildman–Crippen LogP) is 2.09. The fourth-order valence-electron chi connectivity index (χ4n) is 1.30. The molecule has 0 aromatic heterocycles. The summed E-state index contributed by atoms with van der Waals surface area (Å²) in [6.07, 6.45) is 0.783. The summed E-state index contributed by atoms with van der Waals surface area (Å²) >= 11 is 1.71. The Kier molecular flexibility index (Phi) is 5.96. The van der Waals surface area contributed by atoms with Crippen molar-refractivity contribution >= 4 is 17.7 Å². The van der Waals surface area contributed by atoms with Gasteiger partial charge in [0.1, 0.15) is 0 Å². The Labute approximate surface area is 99.8 Å². The van der Waals surface area contributed by atoms with E-state index in [2.05, 4.69) is 0 Å². The minimum absolute atomic E-state index is 0.214. The minimum Gasteiger partial charge on any atom is -0.465 e. The Balaban J connectivity index is 2.60. The molecule has 0 spiro atoms. The number of thioether (sulfide) groups is 1. The lowest BCUT2D eigenvalue weighted by Gasteiger charge is -2.06. The van der Waals surface area contributed by atoms with Gasteiger partial charge >= 0.3 is 5.97 Å². The van der Waals surface area contributed by atoms with E-state index in [1.165, 1.54) is 7.11 Å². The van der Waals surface area contributed by atoms with Crippen LogP contribution in [-0.4, -0.2) is 30.5 Å². The van der Waals surface area contributed by atoms with Gasteiger partial charge < -0.3 is 9.84 Å². The third-order valence-corrected chi connectivity index (χ3v) is 3.22. The largest absolute Gasteiger partial charge is 0.465 e. The van der Waals surface area contributed by atoms with E-state index in [9.17, 15) is 4.79 Å². The molecule has 0 saturated carbocycles. The molecule has 4 heteroatoms. The highest BCUT2D eigenvalue weighted by Gasteiger charge is 2.10. The van der Waals surface area contributed by atoms with Crippen molar-refractivity contribution < 1.29 is 14.6 Å². The van der Waals surface area contributed by atoms with Crippen LogP contribution in [0, 0.1) is 0 Å². The van der Waals surface area contributed by atoms with Crippen LogP contribution in [-0.2, 0) is 10.5 Å². The molecule has 0 aliphatic carbocycles. The summed E-state index contributed by atoms with van der Waals surface area (Å²) in [5.74, 6) is 1.37. The maximum Gasteiger partial charge on any atom is 0.338 e. The summed E-state index contributed by atoms with van der Waals surface area (Å²) in [7, 11) is 1.39. The first-order valence-corrected chi connectivity index (χ1v) is 6.30. The molecule has 88 valence electrons. The molecule has 0 fully saturated rings. The van der Waals surface area contributed by atoms with Crippen LogP contribution in [0.5, 0.6) is 0 Å². The molecule has 1 rings (SSSR count). The van der Waals surface area contributed by atoms with Crippen molar-refractivity contribution in [2.75, 3.05) is 19.5 Å². The van der Waals surface area contributed by atoms with E-state index in [4.69, 9.17) is 9.84 Å². The average Bonchev–Trinajstić information content (AvgIpc) is 2.34. The van der Waals surface area contributed by atoms with Gasteiger partial charge in [-0.3, -0.25) is 0 Å². The molecule has 0 aliphatic heterocycles. The Morgan fingerprint density at radius 2 is 2.19 bits per heavy atom. The number of rotatable bonds is 6. The SMILES string of the molecule is COC(=O)c1ccccc1CSCCCO. The van der Waals surface area contributed by atoms with Crippen LogP contribution >= 0.6 is 11.8 Å². The average molecular weight is 240 g/mol. The molecule has 16 heavy (non-hydrogen) atoms. The first kappa shape index (κ1) is 13.1. The van der Waals surface area contributed by atoms with E-state index in [-0.39, 0.29) is 12.6 Å². The van der Waals surface area contributed by atoms with E-state index in [1.807, 2.05) is 18.2 Å². The molecule has 0 radical (unpaired) electrons. The van der Waals surface area contributed by atoms with Crippen molar-refractivity contribution in [1.29, 1.82) is 0 Å². The van der Waals surface area contributed by atoms with Gasteiger partial charge in [-0.2, -0.15) is 11.8 Å². The molecule has 1 aromatic carbocycles. The summed E-state index contributed by atoms with van der Waals surface area (Å²) in [5.41, 5.74) is 1.61. The lowest BCUT2D eigenvalue weighted by atomic mass is 10.1. The fraction of sp³-hybridized carbons (Fsp3) is 0.417. The van der Waals surface area contributed by atoms with Crippen molar-refractivity contribution in [2.24, 2.45) is 0 Å². The fourth-order valence-corrected chi connectivity index (χ4v) is 2.25. The zero-order chi connectivity index (χ0) is 11.8. The van der Waals surface area contributed by atoms with Crippen molar-refractivity contribution in [1.82, 2.24) is 0 Å². The molecule has 0 unspecified atom stereocenters. The Morgan fingerprint density at radius 3 is 2.88 bits per heavy atom. The second-order valence-corrected chi connectivity index (χ2v) is 4.38. The van der Waals surface area contributed by atoms with Gasteiger partial charge in [-0.15, -0.1) is 0 Å². The van der Waals surface area contributed by atoms with Crippen molar-refractivity contribution in [3.05, 3.63) is 35.4 Å². The highest BCUT2D eigenvalue weighted by Crippen LogP contribution is 2.17. The number of methoxy groups -OCH3 is 1. The molecular formula is C12H16O3S. The number of carbonyl (C=O) groups is 1. The zero-order valence-electron chi connectivity index (χ0n) is 9.31. The number of carbonyl (C=O) groups excluding carboxylic acids is 1. The second kappa shape index (κ2) is 7.30. The van der Waals surface area contributed by atoms with Crippen molar-refractivity contribution in [3.8, 4) is 0 Å². The summed E-state index contributed by atoms with van der Waals surface area (Å²) in [4.78, 5) is 11.5. The van der Waals surface area contributed by atoms with Gasteiger partial charge in [0.25, 0.3) is 0 Å². The molecule has 0 atom stereocenters. The maximum absolute atomic E-state index is 11.5. The number of ether oxygens (including phenoxy) is 1. The highest BCUT2D eigenvalue weighted by molar-refractivity contribution is 7.98. The normalized spacial score (nSPS) is 10.1. The van der Waals surface area contributed by atoms with Crippen LogP contribution in [0.25, 0.3) is 0 Å². The van der Waals surface area contributed by atoms with Gasteiger partial charge in [-0.05, 0) is 23.8 Å². The van der Waals surface area contributed by atoms with Gasteiger partial charge in [0.2, 0.25) is 0 Å². The molecular weight excluding hydrogens is 224 g/mol. The number of esters is 1. The third kappa shape index (κ3) is 3.87. The van der Waals surface area contributed by atoms with E-state index < -0.39 is 0 Å². The number of aliphatic hydroxyl groups is 1. The topological polar surface area (TPSA) is 46.5 Å². The molecule has 0 aliphatic rings. The standard InChI is InChI=1S/C12H16O3S/c1-15-12(14)11-6-3-2-5-10(11)9-16-8-4-7-13/h2-3,5-6,13H,4,7-9H2,1H3. The van der Waals surface area contributed by atoms with Crippen LogP contribution in [0.4, 0.5) is 0 Å². The minimum atomic E-state index is -0.293. The first-order chi connectivity index (χ1) is 7.79. The van der Waals surface area contributed by atoms with Crippen LogP contribution in [0.2, 0.25) is 0 Å². The van der Waals surface area contributed by atoms with E-state index >= 15 is 0 Å². The van der Waals surface area contributed by atoms with Gasteiger partial charge in [-0.1, -0.05) is 18.2 Å². The summed E-state index contributed by atoms with van der Waals surface area (Å²) in [6, 6.07) is 7.44. The Bertz CT molecular complexity index is 339. The quantitative estimate of drug-likeness (QED) is 0.611. The Morgan fingerprint density at radius 1 is 1.44 bits per heavy atom. The number of aliphatic hydroxyl groups excluding tert-OH is 1. The van der Waals surface area contributed by atoms with E-state index in [1.54, 1.807) is 17.8 Å². The van der Waals surface area contributed by atoms with Crippen LogP contribution < -0.4 is 0 Å². The summed E-state index contributed by atoms with van der Waals surface area (Å²) in [5, 5.41) is 8.66. The Hall–Kier alpha value is -1.00. The van der Waals surface area contributed by atoms with Crippen LogP contribution in [0.15, 0.2) is 24.3 Å². The maximum atomic E-state index is 11.5. The zero-order valence-corrected chi connectivity index (χ0v) is 10.1. The lowest BCUT2D eigenvalue weighted by molar-refractivity contribution is 0.0600. The molecule has 1 N–H and O–H groups in total. The summed E-state index contributed by atoms with van der Waals surface area (Å²) in [6.45, 7) is 0.214. The molecule has 0 saturated heterocycles. The smallest absolute Gasteiger partial charge is 0.338 e. The highest BCUT2D eigenvalue weighted by atomic mass is 32.2. The van der Waals surface area contributed by atoms with Gasteiger partial charge in [0.15, 0.2) is 0 Å². The lowest BCUT2D eigenvalue weighted by Crippen LogP contribution is -2.04. The molecule has 1 aromatic rings. The molecule has 3 nitrogen and oxygen atoms in total. The third-order valence-electron chi connectivity index (χ3n) is 2.13. The number of hydrogen-bond donors (Lipinski definition) is 1. The van der Waals surface area contributed by atoms with E-state index in [0.29, 0.717) is 5.56 Å². The van der Waals surface area contributed by atoms with Gasteiger partial charge in [0, 0.05) is 12.4 Å². The van der Waals surface area contributed by atoms with Crippen LogP contribution in [0.3, 0.4) is 0 Å². The molecule has 0 amide bonds. The van der Waals surface area contributed by atoms with E-state index in [0.717, 1.165) is 23.5 Å². The predicted molar refractivity (Wildman–Crippen MR) is 65.6 cm³/mol. The number of hydrogen-bond acceptors (Lipinski definition) is 4. The first-order valence-electron chi connectivity index (χ1n) is 5.14. The summed E-state index contributed by atoms with van der Waals surface area (Å²) < 4.78 is 4.72. The van der Waals surface area contributed by atoms with Crippen molar-refractivity contribution in [2.45, 2.75) is 12.2 Å². The van der Waals surface area contributed by atoms with Gasteiger partial charge in [0.05, 0.1) is 12.7 Å². The van der Waals surface area contributed by atoms with Gasteiger partial charge in [-0.25, -0.2) is 4.79 Å².